The molecule has 0 bridgehead atoms. The molecule has 19 heteroatoms. The number of hydrogen-bond acceptors (Lipinski definition) is 12. The van der Waals surface area contributed by atoms with Crippen molar-refractivity contribution in [1.29, 1.82) is 0 Å². The number of aliphatic carboxylic acids is 1. The summed E-state index contributed by atoms with van der Waals surface area (Å²) >= 11 is 5.85. The minimum absolute atomic E-state index is 0.000871. The molecular weight excluding hydrogens is 696 g/mol. The number of carbonyl (C=O) groups is 6. The summed E-state index contributed by atoms with van der Waals surface area (Å²) in [4.78, 5) is 78.5. The average molecular weight is 743 g/mol. The highest BCUT2D eigenvalue weighted by Gasteiger charge is 2.40. The molecule has 1 aromatic rings. The summed E-state index contributed by atoms with van der Waals surface area (Å²) in [5.74, 6) is -7.96. The van der Waals surface area contributed by atoms with Crippen LogP contribution in [0.4, 0.5) is 0 Å². The second kappa shape index (κ2) is 19.8. The van der Waals surface area contributed by atoms with E-state index in [9.17, 15) is 54.3 Å². The molecular formula is C32H47ClN6O12. The molecule has 12 N–H and O–H groups in total. The fourth-order valence-corrected chi connectivity index (χ4v) is 5.30. The van der Waals surface area contributed by atoms with E-state index in [1.807, 2.05) is 0 Å². The number of carbonyl (C=O) groups excluding carboxylic acids is 5. The van der Waals surface area contributed by atoms with Gasteiger partial charge < -0.3 is 62.6 Å². The molecule has 0 saturated carbocycles. The van der Waals surface area contributed by atoms with Crippen LogP contribution in [0.15, 0.2) is 29.4 Å². The van der Waals surface area contributed by atoms with Gasteiger partial charge in [-0.25, -0.2) is 4.79 Å². The van der Waals surface area contributed by atoms with Gasteiger partial charge in [-0.1, -0.05) is 39.3 Å². The van der Waals surface area contributed by atoms with E-state index in [1.165, 1.54) is 18.2 Å². The van der Waals surface area contributed by atoms with Crippen LogP contribution in [-0.4, -0.2) is 110 Å². The number of amides is 5. The standard InChI is InChI=1S/C32H47ClN6O12/c1-14(2)10-18(35-30(46)32(49)50)26(42)38-23(21(41)6-5-9-34)28(44)39-24-25(15(3)4)51-22-8-7-17(40)11-16(22)12-19(31(47)48)36-27(43)20(13-33)37-29(24)45/h7-8,11,13-15,18-19,21,23-25,32,40-41,49-50H,5-6,9-10,12,34H2,1-4H3,(H,35,46)(H,36,43)(H,37,45)(H,38,42)(H,39,44)(H,47,48)/b20-13-. The minimum Gasteiger partial charge on any atom is -0.508 e. The molecule has 6 atom stereocenters. The number of phenols is 1. The second-order valence-corrected chi connectivity index (χ2v) is 13.0. The van der Waals surface area contributed by atoms with Crippen LogP contribution >= 0.6 is 11.6 Å². The summed E-state index contributed by atoms with van der Waals surface area (Å²) in [5, 5.41) is 61.2. The van der Waals surface area contributed by atoms with Gasteiger partial charge in [0.15, 0.2) is 0 Å². The Morgan fingerprint density at radius 1 is 1.06 bits per heavy atom. The first-order valence-electron chi connectivity index (χ1n) is 16.2. The first kappa shape index (κ1) is 42.7. The second-order valence-electron chi connectivity index (χ2n) is 12.7. The predicted octanol–water partition coefficient (Wildman–Crippen LogP) is -1.97. The fraction of sp³-hybridized carbons (Fsp3) is 0.562. The zero-order chi connectivity index (χ0) is 38.6. The van der Waals surface area contributed by atoms with Crippen LogP contribution in [0.1, 0.15) is 52.5 Å². The van der Waals surface area contributed by atoms with Crippen molar-refractivity contribution >= 4 is 47.1 Å². The molecule has 51 heavy (non-hydrogen) atoms. The van der Waals surface area contributed by atoms with Crippen molar-refractivity contribution in [2.24, 2.45) is 17.6 Å². The third-order valence-electron chi connectivity index (χ3n) is 7.76. The van der Waals surface area contributed by atoms with Gasteiger partial charge in [0.2, 0.25) is 18.1 Å². The van der Waals surface area contributed by atoms with Crippen molar-refractivity contribution < 1.29 is 59.0 Å². The predicted molar refractivity (Wildman–Crippen MR) is 180 cm³/mol. The highest BCUT2D eigenvalue weighted by Crippen LogP contribution is 2.29. The number of aliphatic hydroxyl groups is 3. The highest BCUT2D eigenvalue weighted by molar-refractivity contribution is 6.28. The molecule has 1 aliphatic heterocycles. The lowest BCUT2D eigenvalue weighted by molar-refractivity contribution is -0.150. The van der Waals surface area contributed by atoms with Crippen LogP contribution in [-0.2, 0) is 35.2 Å². The maximum atomic E-state index is 14.0. The normalized spacial score (nSPS) is 20.9. The van der Waals surface area contributed by atoms with Crippen LogP contribution < -0.4 is 37.1 Å². The zero-order valence-corrected chi connectivity index (χ0v) is 29.3. The van der Waals surface area contributed by atoms with Gasteiger partial charge in [-0.05, 0) is 55.8 Å². The number of nitrogens with one attached hydrogen (secondary N) is 5. The SMILES string of the molecule is CC(C)CC(NC(=O)C(O)O)C(=O)NC(C(=O)NC1C(=O)N/C(=C\Cl)C(=O)NC(C(=O)O)Cc2cc(O)ccc2OC1C(C)C)C(O)CCCN. The van der Waals surface area contributed by atoms with E-state index in [1.54, 1.807) is 27.7 Å². The summed E-state index contributed by atoms with van der Waals surface area (Å²) in [6.07, 6.45) is -5.54. The number of aromatic hydroxyl groups is 1. The zero-order valence-electron chi connectivity index (χ0n) is 28.6. The largest absolute Gasteiger partial charge is 0.508 e. The molecule has 284 valence electrons. The molecule has 1 aromatic carbocycles. The van der Waals surface area contributed by atoms with Crippen molar-refractivity contribution in [1.82, 2.24) is 26.6 Å². The average Bonchev–Trinajstić information content (AvgIpc) is 3.05. The molecule has 1 aliphatic rings. The first-order valence-corrected chi connectivity index (χ1v) is 16.6. The topological polar surface area (TPSA) is 299 Å². The molecule has 0 saturated heterocycles. The van der Waals surface area contributed by atoms with Crippen molar-refractivity contribution in [3.63, 3.8) is 0 Å². The van der Waals surface area contributed by atoms with Crippen LogP contribution in [0, 0.1) is 11.8 Å². The number of carboxylic acids is 1. The van der Waals surface area contributed by atoms with Gasteiger partial charge in [-0.15, -0.1) is 0 Å². The number of fused-ring (bicyclic) bond motifs is 1. The third-order valence-corrected chi connectivity index (χ3v) is 7.97. The molecule has 0 aromatic heterocycles. The van der Waals surface area contributed by atoms with Gasteiger partial charge in [-0.2, -0.15) is 0 Å². The van der Waals surface area contributed by atoms with Gasteiger partial charge in [-0.3, -0.25) is 24.0 Å². The number of phenolic OH excluding ortho intramolecular Hbond substituents is 1. The van der Waals surface area contributed by atoms with Crippen molar-refractivity contribution in [3.05, 3.63) is 35.0 Å². The molecule has 0 aliphatic carbocycles. The number of halogens is 1. The summed E-state index contributed by atoms with van der Waals surface area (Å²) < 4.78 is 6.22. The lowest BCUT2D eigenvalue weighted by Crippen LogP contribution is -2.63. The molecule has 0 radical (unpaired) electrons. The van der Waals surface area contributed by atoms with Crippen LogP contribution in [0.5, 0.6) is 11.5 Å². The Hall–Kier alpha value is -4.49. The first-order chi connectivity index (χ1) is 23.9. The number of hydrogen-bond donors (Lipinski definition) is 11. The van der Waals surface area contributed by atoms with Gasteiger partial charge >= 0.3 is 5.97 Å². The van der Waals surface area contributed by atoms with E-state index < -0.39 is 89.8 Å². The molecule has 1 heterocycles. The quantitative estimate of drug-likeness (QED) is 0.0729. The summed E-state index contributed by atoms with van der Waals surface area (Å²) in [6, 6.07) is -2.58. The number of nitrogens with two attached hydrogens (primary N) is 1. The monoisotopic (exact) mass is 742 g/mol. The van der Waals surface area contributed by atoms with E-state index >= 15 is 0 Å². The van der Waals surface area contributed by atoms with Gasteiger partial charge in [0.1, 0.15) is 47.5 Å². The lowest BCUT2D eigenvalue weighted by atomic mass is 9.96. The molecule has 0 fully saturated rings. The number of carboxylic acid groups (broad SMARTS) is 1. The Labute approximate surface area is 299 Å². The maximum absolute atomic E-state index is 14.0. The van der Waals surface area contributed by atoms with Crippen molar-refractivity contribution in [2.75, 3.05) is 6.54 Å². The molecule has 2 rings (SSSR count). The van der Waals surface area contributed by atoms with E-state index in [4.69, 9.17) is 22.1 Å². The van der Waals surface area contributed by atoms with Gasteiger partial charge in [0.05, 0.1) is 6.10 Å². The smallest absolute Gasteiger partial charge is 0.326 e. The number of benzene rings is 1. The van der Waals surface area contributed by atoms with Crippen LogP contribution in [0.2, 0.25) is 0 Å². The van der Waals surface area contributed by atoms with Crippen LogP contribution in [0.25, 0.3) is 0 Å². The Morgan fingerprint density at radius 3 is 2.27 bits per heavy atom. The van der Waals surface area contributed by atoms with E-state index in [0.29, 0.717) is 5.54 Å². The summed E-state index contributed by atoms with van der Waals surface area (Å²) in [7, 11) is 0. The summed E-state index contributed by atoms with van der Waals surface area (Å²) in [6.45, 7) is 6.83. The van der Waals surface area contributed by atoms with E-state index in [-0.39, 0.29) is 55.2 Å². The number of ether oxygens (including phenoxy) is 1. The fourth-order valence-electron chi connectivity index (χ4n) is 5.15. The molecule has 6 unspecified atom stereocenters. The molecule has 0 spiro atoms. The van der Waals surface area contributed by atoms with Gasteiger partial charge in [0.25, 0.3) is 17.7 Å². The Morgan fingerprint density at radius 2 is 1.73 bits per heavy atom. The Bertz CT molecular complexity index is 1460. The maximum Gasteiger partial charge on any atom is 0.326 e. The molecule has 18 nitrogen and oxygen atoms in total. The lowest BCUT2D eigenvalue weighted by Gasteiger charge is -2.34. The Balaban J connectivity index is 2.63. The number of aliphatic hydroxyl groups excluding tert-OH is 2. The van der Waals surface area contributed by atoms with Crippen molar-refractivity contribution in [3.8, 4) is 11.5 Å². The summed E-state index contributed by atoms with van der Waals surface area (Å²) in [5.41, 5.74) is 5.83. The molecule has 5 amide bonds. The highest BCUT2D eigenvalue weighted by atomic mass is 35.5. The Kier molecular flexibility index (Phi) is 16.6. The number of rotatable bonds is 14. The van der Waals surface area contributed by atoms with E-state index in [2.05, 4.69) is 26.6 Å². The third kappa shape index (κ3) is 12.7. The van der Waals surface area contributed by atoms with E-state index in [0.717, 1.165) is 0 Å². The van der Waals surface area contributed by atoms with Crippen molar-refractivity contribution in [2.45, 2.75) is 96.0 Å². The minimum atomic E-state index is -2.44. The van der Waals surface area contributed by atoms with Crippen LogP contribution in [0.3, 0.4) is 0 Å². The van der Waals surface area contributed by atoms with Gasteiger partial charge in [0, 0.05) is 17.5 Å².